The van der Waals surface area contributed by atoms with Crippen LogP contribution in [0.2, 0.25) is 0 Å². The molecular formula is C16H29N5. The van der Waals surface area contributed by atoms with Gasteiger partial charge >= 0.3 is 0 Å². The number of rotatable bonds is 6. The molecule has 0 aliphatic carbocycles. The average molecular weight is 291 g/mol. The van der Waals surface area contributed by atoms with Crippen molar-refractivity contribution in [2.24, 2.45) is 0 Å². The molecule has 1 aliphatic rings. The third-order valence-corrected chi connectivity index (χ3v) is 3.84. The second kappa shape index (κ2) is 7.59. The smallest absolute Gasteiger partial charge is 0.135 e. The number of hydrogen-bond acceptors (Lipinski definition) is 5. The molecule has 0 unspecified atom stereocenters. The Balaban J connectivity index is 2.11. The summed E-state index contributed by atoms with van der Waals surface area (Å²) in [6, 6.07) is 2.09. The Bertz CT molecular complexity index is 438. The summed E-state index contributed by atoms with van der Waals surface area (Å²) in [5, 5.41) is 3.32. The third-order valence-electron chi connectivity index (χ3n) is 3.84. The van der Waals surface area contributed by atoms with E-state index in [-0.39, 0.29) is 0 Å². The van der Waals surface area contributed by atoms with Crippen LogP contribution in [-0.4, -0.2) is 54.1 Å². The SMILES string of the molecule is CCCN1CCN(c2cc(NCC)nc(C(C)C)n2)CC1. The van der Waals surface area contributed by atoms with Crippen molar-refractivity contribution in [2.45, 2.75) is 40.0 Å². The zero-order chi connectivity index (χ0) is 15.2. The summed E-state index contributed by atoms with van der Waals surface area (Å²) in [5.41, 5.74) is 0. The van der Waals surface area contributed by atoms with Gasteiger partial charge in [-0.05, 0) is 19.9 Å². The molecule has 2 rings (SSSR count). The third kappa shape index (κ3) is 4.30. The Kier molecular flexibility index (Phi) is 5.79. The van der Waals surface area contributed by atoms with Crippen molar-refractivity contribution in [3.05, 3.63) is 11.9 Å². The first-order chi connectivity index (χ1) is 10.1. The Morgan fingerprint density at radius 2 is 1.86 bits per heavy atom. The lowest BCUT2D eigenvalue weighted by atomic mass is 10.2. The maximum absolute atomic E-state index is 4.77. The minimum atomic E-state index is 0.351. The summed E-state index contributed by atoms with van der Waals surface area (Å²) in [4.78, 5) is 14.3. The molecule has 5 nitrogen and oxygen atoms in total. The van der Waals surface area contributed by atoms with E-state index in [0.717, 1.165) is 50.2 Å². The van der Waals surface area contributed by atoms with E-state index >= 15 is 0 Å². The van der Waals surface area contributed by atoms with Crippen molar-refractivity contribution < 1.29 is 0 Å². The minimum absolute atomic E-state index is 0.351. The maximum atomic E-state index is 4.77. The molecule has 0 saturated carbocycles. The van der Waals surface area contributed by atoms with Crippen LogP contribution in [0.15, 0.2) is 6.07 Å². The van der Waals surface area contributed by atoms with Gasteiger partial charge in [-0.2, -0.15) is 0 Å². The fourth-order valence-corrected chi connectivity index (χ4v) is 2.66. The van der Waals surface area contributed by atoms with Crippen molar-refractivity contribution in [3.8, 4) is 0 Å². The van der Waals surface area contributed by atoms with E-state index in [2.05, 4.69) is 53.9 Å². The largest absolute Gasteiger partial charge is 0.370 e. The summed E-state index contributed by atoms with van der Waals surface area (Å²) >= 11 is 0. The van der Waals surface area contributed by atoms with Crippen LogP contribution in [0.25, 0.3) is 0 Å². The van der Waals surface area contributed by atoms with Crippen molar-refractivity contribution in [3.63, 3.8) is 0 Å². The lowest BCUT2D eigenvalue weighted by Gasteiger charge is -2.35. The first-order valence-corrected chi connectivity index (χ1v) is 8.24. The molecule has 0 radical (unpaired) electrons. The van der Waals surface area contributed by atoms with Gasteiger partial charge in [0.2, 0.25) is 0 Å². The molecule has 0 amide bonds. The number of aromatic nitrogens is 2. The second-order valence-corrected chi connectivity index (χ2v) is 5.98. The summed E-state index contributed by atoms with van der Waals surface area (Å²) in [6.07, 6.45) is 1.23. The fraction of sp³-hybridized carbons (Fsp3) is 0.750. The number of piperazine rings is 1. The first-order valence-electron chi connectivity index (χ1n) is 8.24. The van der Waals surface area contributed by atoms with Gasteiger partial charge in [0.1, 0.15) is 17.5 Å². The first kappa shape index (κ1) is 16.0. The molecule has 5 heteroatoms. The van der Waals surface area contributed by atoms with Gasteiger partial charge in [-0.15, -0.1) is 0 Å². The summed E-state index contributed by atoms with van der Waals surface area (Å²) in [5.74, 6) is 3.30. The topological polar surface area (TPSA) is 44.3 Å². The van der Waals surface area contributed by atoms with Gasteiger partial charge in [-0.3, -0.25) is 4.90 Å². The van der Waals surface area contributed by atoms with Gasteiger partial charge in [0, 0.05) is 44.7 Å². The molecular weight excluding hydrogens is 262 g/mol. The molecule has 0 bridgehead atoms. The van der Waals surface area contributed by atoms with E-state index in [0.29, 0.717) is 5.92 Å². The molecule has 1 N–H and O–H groups in total. The summed E-state index contributed by atoms with van der Waals surface area (Å²) in [7, 11) is 0. The van der Waals surface area contributed by atoms with Gasteiger partial charge in [-0.1, -0.05) is 20.8 Å². The normalized spacial score (nSPS) is 16.5. The van der Waals surface area contributed by atoms with Crippen LogP contribution in [0.4, 0.5) is 11.6 Å². The van der Waals surface area contributed by atoms with Gasteiger partial charge in [0.15, 0.2) is 0 Å². The minimum Gasteiger partial charge on any atom is -0.370 e. The summed E-state index contributed by atoms with van der Waals surface area (Å²) in [6.45, 7) is 15.1. The zero-order valence-electron chi connectivity index (χ0n) is 13.9. The molecule has 1 fully saturated rings. The van der Waals surface area contributed by atoms with Crippen LogP contribution < -0.4 is 10.2 Å². The molecule has 0 spiro atoms. The molecule has 2 heterocycles. The fourth-order valence-electron chi connectivity index (χ4n) is 2.66. The molecule has 1 aromatic rings. The van der Waals surface area contributed by atoms with Gasteiger partial charge < -0.3 is 10.2 Å². The Labute approximate surface area is 128 Å². The highest BCUT2D eigenvalue weighted by Crippen LogP contribution is 2.21. The van der Waals surface area contributed by atoms with Crippen molar-refractivity contribution >= 4 is 11.6 Å². The van der Waals surface area contributed by atoms with E-state index in [1.807, 2.05) is 0 Å². The van der Waals surface area contributed by atoms with Gasteiger partial charge in [0.05, 0.1) is 0 Å². The highest BCUT2D eigenvalue weighted by atomic mass is 15.3. The molecule has 118 valence electrons. The number of hydrogen-bond donors (Lipinski definition) is 1. The van der Waals surface area contributed by atoms with Crippen molar-refractivity contribution in [1.82, 2.24) is 14.9 Å². The molecule has 1 aromatic heterocycles. The Morgan fingerprint density at radius 3 is 2.43 bits per heavy atom. The standard InChI is InChI=1S/C16H29N5/c1-5-7-20-8-10-21(11-9-20)15-12-14(17-6-2)18-16(19-15)13(3)4/h12-13H,5-11H2,1-4H3,(H,17,18,19). The molecule has 1 aliphatic heterocycles. The predicted molar refractivity (Wildman–Crippen MR) is 89.2 cm³/mol. The van der Waals surface area contributed by atoms with E-state index in [4.69, 9.17) is 4.98 Å². The highest BCUT2D eigenvalue weighted by molar-refractivity contribution is 5.50. The van der Waals surface area contributed by atoms with Crippen LogP contribution in [-0.2, 0) is 0 Å². The van der Waals surface area contributed by atoms with Crippen LogP contribution in [0.3, 0.4) is 0 Å². The van der Waals surface area contributed by atoms with E-state index < -0.39 is 0 Å². The average Bonchev–Trinajstić information content (AvgIpc) is 2.48. The monoisotopic (exact) mass is 291 g/mol. The molecule has 1 saturated heterocycles. The van der Waals surface area contributed by atoms with Gasteiger partial charge in [0.25, 0.3) is 0 Å². The molecule has 21 heavy (non-hydrogen) atoms. The molecule has 0 aromatic carbocycles. The van der Waals surface area contributed by atoms with Crippen molar-refractivity contribution in [2.75, 3.05) is 49.5 Å². The van der Waals surface area contributed by atoms with Gasteiger partial charge in [-0.25, -0.2) is 9.97 Å². The Morgan fingerprint density at radius 1 is 1.14 bits per heavy atom. The highest BCUT2D eigenvalue weighted by Gasteiger charge is 2.19. The van der Waals surface area contributed by atoms with Crippen LogP contribution >= 0.6 is 0 Å². The van der Waals surface area contributed by atoms with E-state index in [1.54, 1.807) is 0 Å². The lowest BCUT2D eigenvalue weighted by molar-refractivity contribution is 0.258. The molecule has 0 atom stereocenters. The van der Waals surface area contributed by atoms with Crippen molar-refractivity contribution in [1.29, 1.82) is 0 Å². The summed E-state index contributed by atoms with van der Waals surface area (Å²) < 4.78 is 0. The predicted octanol–water partition coefficient (Wildman–Crippen LogP) is 2.56. The number of nitrogens with zero attached hydrogens (tertiary/aromatic N) is 4. The Hall–Kier alpha value is -1.36. The maximum Gasteiger partial charge on any atom is 0.135 e. The number of nitrogens with one attached hydrogen (secondary N) is 1. The van der Waals surface area contributed by atoms with Crippen LogP contribution in [0, 0.1) is 0 Å². The lowest BCUT2D eigenvalue weighted by Crippen LogP contribution is -2.46. The van der Waals surface area contributed by atoms with Crippen LogP contribution in [0.5, 0.6) is 0 Å². The number of anilines is 2. The van der Waals surface area contributed by atoms with E-state index in [9.17, 15) is 0 Å². The van der Waals surface area contributed by atoms with E-state index in [1.165, 1.54) is 13.0 Å². The quantitative estimate of drug-likeness (QED) is 0.872. The zero-order valence-corrected chi connectivity index (χ0v) is 13.9. The van der Waals surface area contributed by atoms with Crippen LogP contribution in [0.1, 0.15) is 45.9 Å². The second-order valence-electron chi connectivity index (χ2n) is 5.98.